The summed E-state index contributed by atoms with van der Waals surface area (Å²) in [4.78, 5) is 0. The van der Waals surface area contributed by atoms with Crippen LogP contribution in [-0.4, -0.2) is 0 Å². The number of hydrogen-bond donors (Lipinski definition) is 0. The van der Waals surface area contributed by atoms with E-state index < -0.39 is 0 Å². The van der Waals surface area contributed by atoms with Gasteiger partial charge in [-0.1, -0.05) is 84.6 Å². The summed E-state index contributed by atoms with van der Waals surface area (Å²) in [6, 6.07) is 25.3. The monoisotopic (exact) mass is 284 g/mol. The maximum atomic E-state index is 12.6. The summed E-state index contributed by atoms with van der Waals surface area (Å²) in [5.41, 5.74) is 3.43. The minimum absolute atomic E-state index is 0. The molecule has 0 bridgehead atoms. The maximum absolute atomic E-state index is 12.6. The summed E-state index contributed by atoms with van der Waals surface area (Å²) in [6.45, 7) is 0. The Labute approximate surface area is 161 Å². The summed E-state index contributed by atoms with van der Waals surface area (Å²) in [7, 11) is 0. The molecule has 0 saturated carbocycles. The van der Waals surface area contributed by atoms with E-state index in [-0.39, 0.29) is 57.1 Å². The fourth-order valence-corrected chi connectivity index (χ4v) is 2.23. The minimum atomic E-state index is 0. The number of benzene rings is 3. The molecule has 3 aromatic rings. The molecule has 0 saturated heterocycles. The summed E-state index contributed by atoms with van der Waals surface area (Å²) >= 11 is 0. The molecule has 0 N–H and O–H groups in total. The molecule has 0 unspecified atom stereocenters. The molecule has 92 valence electrons. The van der Waals surface area contributed by atoms with Crippen molar-refractivity contribution in [3.05, 3.63) is 78.9 Å². The van der Waals surface area contributed by atoms with E-state index in [1.807, 2.05) is 78.9 Å². The van der Waals surface area contributed by atoms with E-state index >= 15 is 0 Å². The Morgan fingerprint density at radius 1 is 0.500 bits per heavy atom. The van der Waals surface area contributed by atoms with Crippen LogP contribution < -0.4 is 56.5 Å². The first-order valence-corrected chi connectivity index (χ1v) is 6.27. The fraction of sp³-hybridized carbons (Fsp3) is 0. The van der Waals surface area contributed by atoms with Crippen LogP contribution in [0.3, 0.4) is 0 Å². The second kappa shape index (κ2) is 7.20. The van der Waals surface area contributed by atoms with Crippen LogP contribution in [0.4, 0.5) is 0 Å². The van der Waals surface area contributed by atoms with Gasteiger partial charge in [-0.05, 0) is 22.3 Å². The number of para-hydroxylation sites is 1. The van der Waals surface area contributed by atoms with Gasteiger partial charge in [0.15, 0.2) is 0 Å². The molecule has 20 heavy (non-hydrogen) atoms. The zero-order valence-electron chi connectivity index (χ0n) is 11.4. The van der Waals surface area contributed by atoms with Crippen molar-refractivity contribution >= 4 is 0 Å². The molecular weight excluding hydrogens is 271 g/mol. The van der Waals surface area contributed by atoms with Crippen LogP contribution in [-0.2, 0) is 0 Å². The summed E-state index contributed by atoms with van der Waals surface area (Å²) in [6.07, 6.45) is 0. The predicted octanol–water partition coefficient (Wildman–Crippen LogP) is 1.10. The molecule has 0 heterocycles. The van der Waals surface area contributed by atoms with Gasteiger partial charge in [-0.3, -0.25) is 0 Å². The molecule has 0 spiro atoms. The smallest absolute Gasteiger partial charge is 0.872 e. The van der Waals surface area contributed by atoms with Crippen molar-refractivity contribution in [1.82, 2.24) is 0 Å². The van der Waals surface area contributed by atoms with Gasteiger partial charge >= 0.3 is 51.4 Å². The van der Waals surface area contributed by atoms with Crippen LogP contribution >= 0.6 is 0 Å². The van der Waals surface area contributed by atoms with E-state index in [1.165, 1.54) is 0 Å². The molecule has 1 nitrogen and oxygen atoms in total. The second-order valence-electron chi connectivity index (χ2n) is 4.41. The first-order chi connectivity index (χ1) is 9.36. The third kappa shape index (κ3) is 3.22. The van der Waals surface area contributed by atoms with Crippen LogP contribution in [0.15, 0.2) is 78.9 Å². The van der Waals surface area contributed by atoms with Crippen molar-refractivity contribution in [2.24, 2.45) is 0 Å². The van der Waals surface area contributed by atoms with Crippen molar-refractivity contribution in [2.75, 3.05) is 0 Å². The molecule has 3 aromatic carbocycles. The van der Waals surface area contributed by atoms with Crippen molar-refractivity contribution < 1.29 is 56.5 Å². The van der Waals surface area contributed by atoms with Gasteiger partial charge in [0.2, 0.25) is 0 Å². The zero-order chi connectivity index (χ0) is 13.1. The van der Waals surface area contributed by atoms with Crippen LogP contribution in [0.25, 0.3) is 22.3 Å². The van der Waals surface area contributed by atoms with Gasteiger partial charge in [0.1, 0.15) is 0 Å². The van der Waals surface area contributed by atoms with E-state index in [9.17, 15) is 5.11 Å². The van der Waals surface area contributed by atoms with Crippen molar-refractivity contribution in [1.29, 1.82) is 0 Å². The zero-order valence-corrected chi connectivity index (χ0v) is 14.5. The van der Waals surface area contributed by atoms with Crippen LogP contribution in [0.2, 0.25) is 0 Å². The van der Waals surface area contributed by atoms with Gasteiger partial charge in [-0.25, -0.2) is 0 Å². The average molecular weight is 284 g/mol. The maximum Gasteiger partial charge on any atom is 1.00 e. The van der Waals surface area contributed by atoms with Crippen molar-refractivity contribution in [3.8, 4) is 28.0 Å². The Morgan fingerprint density at radius 2 is 0.900 bits per heavy atom. The van der Waals surface area contributed by atoms with Crippen molar-refractivity contribution in [3.63, 3.8) is 0 Å². The predicted molar refractivity (Wildman–Crippen MR) is 76.8 cm³/mol. The molecule has 0 radical (unpaired) electrons. The van der Waals surface area contributed by atoms with Gasteiger partial charge in [0.05, 0.1) is 0 Å². The van der Waals surface area contributed by atoms with Gasteiger partial charge in [0.25, 0.3) is 0 Å². The van der Waals surface area contributed by atoms with E-state index in [1.54, 1.807) is 0 Å². The molecule has 3 rings (SSSR count). The molecule has 0 aliphatic heterocycles. The Bertz CT molecular complexity index is 621. The van der Waals surface area contributed by atoms with Crippen molar-refractivity contribution in [2.45, 2.75) is 0 Å². The van der Waals surface area contributed by atoms with Gasteiger partial charge in [-0.15, -0.1) is 0 Å². The third-order valence-corrected chi connectivity index (χ3v) is 3.18. The largest absolute Gasteiger partial charge is 1.00 e. The van der Waals surface area contributed by atoms with Gasteiger partial charge < -0.3 is 5.11 Å². The van der Waals surface area contributed by atoms with E-state index in [0.717, 1.165) is 22.3 Å². The minimum Gasteiger partial charge on any atom is -0.872 e. The molecular formula is C18H13KO. The Morgan fingerprint density at radius 3 is 1.30 bits per heavy atom. The van der Waals surface area contributed by atoms with Crippen LogP contribution in [0, 0.1) is 0 Å². The quantitative estimate of drug-likeness (QED) is 0.646. The van der Waals surface area contributed by atoms with Crippen LogP contribution in [0.1, 0.15) is 0 Å². The molecule has 0 atom stereocenters. The Hall–Kier alpha value is -0.904. The number of hydrogen-bond acceptors (Lipinski definition) is 1. The van der Waals surface area contributed by atoms with Gasteiger partial charge in [0, 0.05) is 0 Å². The third-order valence-electron chi connectivity index (χ3n) is 3.18. The molecule has 2 heteroatoms. The summed E-state index contributed by atoms with van der Waals surface area (Å²) < 4.78 is 0. The second-order valence-corrected chi connectivity index (χ2v) is 4.41. The molecule has 0 fully saturated rings. The fourth-order valence-electron chi connectivity index (χ4n) is 2.23. The molecule has 0 aromatic heterocycles. The van der Waals surface area contributed by atoms with E-state index in [4.69, 9.17) is 0 Å². The molecule has 0 amide bonds. The molecule has 0 aliphatic carbocycles. The average Bonchev–Trinajstić information content (AvgIpc) is 2.49. The standard InChI is InChI=1S/C18H14O.K/c19-18-16(14-8-3-1-4-9-14)12-7-13-17(18)15-10-5-2-6-11-15;/h1-13,19H;/q;+1/p-1. The number of rotatable bonds is 2. The van der Waals surface area contributed by atoms with Crippen LogP contribution in [0.5, 0.6) is 5.75 Å². The normalized spacial score (nSPS) is 9.80. The van der Waals surface area contributed by atoms with Gasteiger partial charge in [-0.2, -0.15) is 0 Å². The first kappa shape index (κ1) is 15.5. The Balaban J connectivity index is 0.00000147. The summed E-state index contributed by atoms with van der Waals surface area (Å²) in [5, 5.41) is 12.6. The first-order valence-electron chi connectivity index (χ1n) is 6.27. The SMILES string of the molecule is [K+].[O-]c1c(-c2ccccc2)cccc1-c1ccccc1. The van der Waals surface area contributed by atoms with E-state index in [0.29, 0.717) is 0 Å². The topological polar surface area (TPSA) is 23.1 Å². The van der Waals surface area contributed by atoms with E-state index in [2.05, 4.69) is 0 Å². The summed E-state index contributed by atoms with van der Waals surface area (Å²) in [5.74, 6) is 0.0832. The molecule has 0 aliphatic rings. The Kier molecular flexibility index (Phi) is 5.58.